The van der Waals surface area contributed by atoms with Crippen molar-refractivity contribution < 1.29 is 9.59 Å². The molecular weight excluding hydrogens is 274 g/mol. The van der Waals surface area contributed by atoms with Gasteiger partial charge in [0.25, 0.3) is 5.91 Å². The average molecular weight is 286 g/mol. The maximum Gasteiger partial charge on any atom is 0.270 e. The van der Waals surface area contributed by atoms with Gasteiger partial charge >= 0.3 is 0 Å². The summed E-state index contributed by atoms with van der Waals surface area (Å²) >= 11 is 3.17. The molecule has 5 nitrogen and oxygen atoms in total. The van der Waals surface area contributed by atoms with E-state index in [1.165, 1.54) is 4.90 Å². The molecule has 2 amide bonds. The number of hydrogen-bond donors (Lipinski definition) is 1. The topological polar surface area (TPSA) is 62.3 Å². The number of nitrogens with one attached hydrogen (secondary N) is 1. The fraction of sp³-hybridized carbons (Fsp3) is 0.300. The molecule has 0 spiro atoms. The van der Waals surface area contributed by atoms with Crippen LogP contribution in [0.3, 0.4) is 0 Å². The first-order valence-electron chi connectivity index (χ1n) is 4.61. The molecule has 86 valence electrons. The number of likely N-dealkylation sites (N-methyl/N-ethyl adjacent to an activating group) is 1. The Bertz CT molecular complexity index is 407. The van der Waals surface area contributed by atoms with Crippen LogP contribution in [0.25, 0.3) is 0 Å². The minimum atomic E-state index is -0.364. The molecule has 1 aromatic heterocycles. The molecule has 1 N–H and O–H groups in total. The summed E-state index contributed by atoms with van der Waals surface area (Å²) in [5.41, 5.74) is 0.279. The lowest BCUT2D eigenvalue weighted by atomic mass is 10.3. The highest BCUT2D eigenvalue weighted by Crippen LogP contribution is 2.05. The lowest BCUT2D eigenvalue weighted by molar-refractivity contribution is -0.127. The maximum absolute atomic E-state index is 11.6. The third-order valence-corrected chi connectivity index (χ3v) is 2.29. The maximum atomic E-state index is 11.6. The second-order valence-electron chi connectivity index (χ2n) is 3.32. The van der Waals surface area contributed by atoms with Crippen LogP contribution >= 0.6 is 15.9 Å². The number of aromatic nitrogens is 1. The number of amides is 2. The predicted octanol–water partition coefficient (Wildman–Crippen LogP) is 0.662. The molecule has 1 aromatic rings. The van der Waals surface area contributed by atoms with E-state index < -0.39 is 0 Å². The summed E-state index contributed by atoms with van der Waals surface area (Å²) in [6.45, 7) is -0.0278. The summed E-state index contributed by atoms with van der Waals surface area (Å²) < 4.78 is 0.582. The van der Waals surface area contributed by atoms with Crippen molar-refractivity contribution in [2.75, 3.05) is 20.6 Å². The molecule has 0 bridgehead atoms. The third kappa shape index (κ3) is 3.62. The van der Waals surface area contributed by atoms with Gasteiger partial charge in [0.05, 0.1) is 6.54 Å². The first-order valence-corrected chi connectivity index (χ1v) is 5.41. The molecule has 0 radical (unpaired) electrons. The normalized spacial score (nSPS) is 9.69. The van der Waals surface area contributed by atoms with Gasteiger partial charge in [-0.1, -0.05) is 6.07 Å². The van der Waals surface area contributed by atoms with E-state index in [1.807, 2.05) is 0 Å². The van der Waals surface area contributed by atoms with Crippen molar-refractivity contribution >= 4 is 27.7 Å². The molecule has 0 aliphatic carbocycles. The molecule has 0 aliphatic heterocycles. The van der Waals surface area contributed by atoms with Crippen molar-refractivity contribution in [3.63, 3.8) is 0 Å². The number of carbonyl (C=O) groups is 2. The molecule has 0 saturated carbocycles. The highest BCUT2D eigenvalue weighted by atomic mass is 79.9. The average Bonchev–Trinajstić information content (AvgIpc) is 2.25. The molecule has 1 heterocycles. The monoisotopic (exact) mass is 285 g/mol. The van der Waals surface area contributed by atoms with E-state index in [1.54, 1.807) is 32.3 Å². The Labute approximate surface area is 102 Å². The summed E-state index contributed by atoms with van der Waals surface area (Å²) in [5, 5.41) is 2.49. The minimum Gasteiger partial charge on any atom is -0.347 e. The fourth-order valence-electron chi connectivity index (χ4n) is 0.939. The van der Waals surface area contributed by atoms with Gasteiger partial charge < -0.3 is 10.2 Å². The minimum absolute atomic E-state index is 0.0278. The quantitative estimate of drug-likeness (QED) is 0.830. The van der Waals surface area contributed by atoms with E-state index in [9.17, 15) is 9.59 Å². The second-order valence-corrected chi connectivity index (χ2v) is 4.13. The smallest absolute Gasteiger partial charge is 0.270 e. The molecule has 1 rings (SSSR count). The molecule has 0 aliphatic rings. The first-order chi connectivity index (χ1) is 7.50. The van der Waals surface area contributed by atoms with Gasteiger partial charge in [0.1, 0.15) is 10.3 Å². The van der Waals surface area contributed by atoms with Crippen LogP contribution in [0.2, 0.25) is 0 Å². The summed E-state index contributed by atoms with van der Waals surface area (Å²) in [4.78, 5) is 28.2. The zero-order valence-electron chi connectivity index (χ0n) is 9.03. The zero-order chi connectivity index (χ0) is 12.1. The number of rotatable bonds is 3. The summed E-state index contributed by atoms with van der Waals surface area (Å²) in [7, 11) is 3.26. The van der Waals surface area contributed by atoms with Crippen LogP contribution in [0, 0.1) is 0 Å². The Hall–Kier alpha value is -1.43. The lowest BCUT2D eigenvalue weighted by Crippen LogP contribution is -2.36. The van der Waals surface area contributed by atoms with E-state index in [0.29, 0.717) is 4.60 Å². The third-order valence-electron chi connectivity index (χ3n) is 1.85. The van der Waals surface area contributed by atoms with Gasteiger partial charge in [0, 0.05) is 14.1 Å². The van der Waals surface area contributed by atoms with Gasteiger partial charge in [-0.05, 0) is 28.1 Å². The highest BCUT2D eigenvalue weighted by molar-refractivity contribution is 9.10. The van der Waals surface area contributed by atoms with Crippen LogP contribution in [-0.2, 0) is 4.79 Å². The number of hydrogen-bond acceptors (Lipinski definition) is 3. The van der Waals surface area contributed by atoms with Crippen LogP contribution < -0.4 is 5.32 Å². The van der Waals surface area contributed by atoms with Crippen molar-refractivity contribution in [3.8, 4) is 0 Å². The largest absolute Gasteiger partial charge is 0.347 e. The molecule has 0 fully saturated rings. The predicted molar refractivity (Wildman–Crippen MR) is 63.0 cm³/mol. The molecule has 0 unspecified atom stereocenters. The SMILES string of the molecule is CN(C)C(=O)CNC(=O)c1cccc(Br)n1. The van der Waals surface area contributed by atoms with Gasteiger partial charge in [0.2, 0.25) is 5.91 Å². The number of nitrogens with zero attached hydrogens (tertiary/aromatic N) is 2. The molecule has 16 heavy (non-hydrogen) atoms. The van der Waals surface area contributed by atoms with E-state index in [4.69, 9.17) is 0 Å². The second kappa shape index (κ2) is 5.60. The number of pyridine rings is 1. The fourth-order valence-corrected chi connectivity index (χ4v) is 1.28. The Kier molecular flexibility index (Phi) is 4.42. The van der Waals surface area contributed by atoms with Gasteiger partial charge in [0.15, 0.2) is 0 Å². The van der Waals surface area contributed by atoms with E-state index >= 15 is 0 Å². The van der Waals surface area contributed by atoms with Crippen molar-refractivity contribution in [3.05, 3.63) is 28.5 Å². The Balaban J connectivity index is 2.57. The van der Waals surface area contributed by atoms with Crippen LogP contribution in [0.4, 0.5) is 0 Å². The van der Waals surface area contributed by atoms with Crippen LogP contribution in [0.1, 0.15) is 10.5 Å². The summed E-state index contributed by atoms with van der Waals surface area (Å²) in [6.07, 6.45) is 0. The van der Waals surface area contributed by atoms with E-state index in [-0.39, 0.29) is 24.1 Å². The standard InChI is InChI=1S/C10H12BrN3O2/c1-14(2)9(15)6-12-10(16)7-4-3-5-8(11)13-7/h3-5H,6H2,1-2H3,(H,12,16). The summed E-state index contributed by atoms with van der Waals surface area (Å²) in [5.74, 6) is -0.528. The Morgan fingerprint density at radius 2 is 2.12 bits per heavy atom. The first kappa shape index (κ1) is 12.6. The molecular formula is C10H12BrN3O2. The van der Waals surface area contributed by atoms with Crippen molar-refractivity contribution in [2.45, 2.75) is 0 Å². The van der Waals surface area contributed by atoms with E-state index in [2.05, 4.69) is 26.2 Å². The molecule has 6 heteroatoms. The molecule has 0 aromatic carbocycles. The van der Waals surface area contributed by atoms with Crippen molar-refractivity contribution in [1.29, 1.82) is 0 Å². The molecule has 0 atom stereocenters. The summed E-state index contributed by atoms with van der Waals surface area (Å²) in [6, 6.07) is 5.02. The van der Waals surface area contributed by atoms with E-state index in [0.717, 1.165) is 0 Å². The van der Waals surface area contributed by atoms with Crippen LogP contribution in [0.15, 0.2) is 22.8 Å². The van der Waals surface area contributed by atoms with Crippen molar-refractivity contribution in [1.82, 2.24) is 15.2 Å². The van der Waals surface area contributed by atoms with Gasteiger partial charge in [-0.15, -0.1) is 0 Å². The van der Waals surface area contributed by atoms with Crippen LogP contribution in [-0.4, -0.2) is 42.3 Å². The van der Waals surface area contributed by atoms with Gasteiger partial charge in [-0.25, -0.2) is 4.98 Å². The zero-order valence-corrected chi connectivity index (χ0v) is 10.6. The van der Waals surface area contributed by atoms with Crippen LogP contribution in [0.5, 0.6) is 0 Å². The number of carbonyl (C=O) groups excluding carboxylic acids is 2. The van der Waals surface area contributed by atoms with Crippen molar-refractivity contribution in [2.24, 2.45) is 0 Å². The van der Waals surface area contributed by atoms with Gasteiger partial charge in [-0.3, -0.25) is 9.59 Å². The molecule has 0 saturated heterocycles. The van der Waals surface area contributed by atoms with Gasteiger partial charge in [-0.2, -0.15) is 0 Å². The Morgan fingerprint density at radius 3 is 2.69 bits per heavy atom. The Morgan fingerprint density at radius 1 is 1.44 bits per heavy atom. The highest BCUT2D eigenvalue weighted by Gasteiger charge is 2.10. The number of halogens is 1. The lowest BCUT2D eigenvalue weighted by Gasteiger charge is -2.10.